The van der Waals surface area contributed by atoms with Gasteiger partial charge >= 0.3 is 0 Å². The van der Waals surface area contributed by atoms with Gasteiger partial charge < -0.3 is 5.21 Å². The minimum atomic E-state index is 0.382. The van der Waals surface area contributed by atoms with Crippen LogP contribution in [-0.2, 0) is 0 Å². The average Bonchev–Trinajstić information content (AvgIpc) is 2.46. The number of nitriles is 1. The second kappa shape index (κ2) is 5.96. The summed E-state index contributed by atoms with van der Waals surface area (Å²) in [6.45, 7) is 1.73. The molecule has 1 aliphatic rings. The van der Waals surface area contributed by atoms with Crippen LogP contribution in [0.5, 0.6) is 0 Å². The smallest absolute Gasteiger partial charge is 0.107 e. The van der Waals surface area contributed by atoms with Crippen molar-refractivity contribution in [1.82, 2.24) is 0 Å². The lowest BCUT2D eigenvalue weighted by Gasteiger charge is -2.14. The van der Waals surface area contributed by atoms with Crippen LogP contribution in [0.3, 0.4) is 0 Å². The average molecular weight is 305 g/mol. The van der Waals surface area contributed by atoms with Crippen molar-refractivity contribution in [3.8, 4) is 6.07 Å². The Labute approximate surface area is 126 Å². The molecule has 0 atom stereocenters. The number of nitrogens with zero attached hydrogens (tertiary/aromatic N) is 2. The van der Waals surface area contributed by atoms with Crippen molar-refractivity contribution < 1.29 is 5.21 Å². The van der Waals surface area contributed by atoms with Gasteiger partial charge in [0.2, 0.25) is 0 Å². The van der Waals surface area contributed by atoms with Crippen molar-refractivity contribution in [3.05, 3.63) is 63.2 Å². The van der Waals surface area contributed by atoms with Gasteiger partial charge in [-0.2, -0.15) is 5.26 Å². The van der Waals surface area contributed by atoms with E-state index >= 15 is 0 Å². The van der Waals surface area contributed by atoms with Gasteiger partial charge in [-0.15, -0.1) is 0 Å². The van der Waals surface area contributed by atoms with Crippen molar-refractivity contribution in [2.45, 2.75) is 6.92 Å². The minimum Gasteiger partial charge on any atom is -0.410 e. The molecule has 0 bridgehead atoms. The number of rotatable bonds is 1. The summed E-state index contributed by atoms with van der Waals surface area (Å²) in [6, 6.07) is 9.11. The second-order valence-electron chi connectivity index (χ2n) is 4.16. The molecule has 0 radical (unpaired) electrons. The van der Waals surface area contributed by atoms with E-state index in [9.17, 15) is 5.26 Å². The quantitative estimate of drug-likeness (QED) is 0.471. The molecule has 0 unspecified atom stereocenters. The van der Waals surface area contributed by atoms with Crippen molar-refractivity contribution in [1.29, 1.82) is 5.26 Å². The molecule has 0 saturated heterocycles. The van der Waals surface area contributed by atoms with Crippen LogP contribution >= 0.6 is 23.2 Å². The molecular weight excluding hydrogens is 295 g/mol. The van der Waals surface area contributed by atoms with E-state index < -0.39 is 0 Å². The van der Waals surface area contributed by atoms with E-state index in [-0.39, 0.29) is 0 Å². The highest BCUT2D eigenvalue weighted by atomic mass is 35.5. The van der Waals surface area contributed by atoms with E-state index in [0.29, 0.717) is 32.5 Å². The summed E-state index contributed by atoms with van der Waals surface area (Å²) in [7, 11) is 0. The summed E-state index contributed by atoms with van der Waals surface area (Å²) in [5.74, 6) is 0. The van der Waals surface area contributed by atoms with Crippen LogP contribution in [0.15, 0.2) is 57.8 Å². The van der Waals surface area contributed by atoms with E-state index in [2.05, 4.69) is 11.2 Å². The lowest BCUT2D eigenvalue weighted by Crippen LogP contribution is -2.05. The summed E-state index contributed by atoms with van der Waals surface area (Å²) in [6.07, 6.45) is 3.28. The largest absolute Gasteiger partial charge is 0.410 e. The molecule has 0 spiro atoms. The molecule has 0 aromatic heterocycles. The SMILES string of the molecule is CC1=C(Cl)C(=C(C#N)c2ccc(Cl)cc2)C=CC1=NO. The fourth-order valence-electron chi connectivity index (χ4n) is 1.87. The van der Waals surface area contributed by atoms with E-state index in [4.69, 9.17) is 28.4 Å². The highest BCUT2D eigenvalue weighted by Gasteiger charge is 2.18. The van der Waals surface area contributed by atoms with Gasteiger partial charge in [-0.25, -0.2) is 0 Å². The van der Waals surface area contributed by atoms with Gasteiger partial charge in [-0.1, -0.05) is 40.5 Å². The highest BCUT2D eigenvalue weighted by molar-refractivity contribution is 6.37. The fraction of sp³-hybridized carbons (Fsp3) is 0.0667. The summed E-state index contributed by atoms with van der Waals surface area (Å²) < 4.78 is 0. The molecule has 20 heavy (non-hydrogen) atoms. The molecule has 0 fully saturated rings. The maximum absolute atomic E-state index is 9.39. The van der Waals surface area contributed by atoms with Gasteiger partial charge in [0.05, 0.1) is 10.6 Å². The van der Waals surface area contributed by atoms with Gasteiger partial charge in [0.25, 0.3) is 0 Å². The molecular formula is C15H10Cl2N2O. The van der Waals surface area contributed by atoms with Crippen LogP contribution in [-0.4, -0.2) is 10.9 Å². The van der Waals surface area contributed by atoms with E-state index in [1.165, 1.54) is 0 Å². The maximum atomic E-state index is 9.39. The molecule has 100 valence electrons. The lowest BCUT2D eigenvalue weighted by atomic mass is 9.94. The predicted molar refractivity (Wildman–Crippen MR) is 80.9 cm³/mol. The molecule has 1 aliphatic carbocycles. The van der Waals surface area contributed by atoms with Crippen LogP contribution in [0.4, 0.5) is 0 Å². The lowest BCUT2D eigenvalue weighted by molar-refractivity contribution is 0.319. The molecule has 2 rings (SSSR count). The van der Waals surface area contributed by atoms with E-state index in [1.54, 1.807) is 43.3 Å². The number of hydrogen-bond donors (Lipinski definition) is 1. The molecule has 0 amide bonds. The summed E-state index contributed by atoms with van der Waals surface area (Å²) in [5.41, 5.74) is 2.77. The van der Waals surface area contributed by atoms with Gasteiger partial charge in [0.15, 0.2) is 0 Å². The minimum absolute atomic E-state index is 0.382. The normalized spacial score (nSPS) is 19.2. The molecule has 1 N–H and O–H groups in total. The Morgan fingerprint density at radius 2 is 1.85 bits per heavy atom. The van der Waals surface area contributed by atoms with Crippen LogP contribution < -0.4 is 0 Å². The zero-order valence-electron chi connectivity index (χ0n) is 10.6. The zero-order valence-corrected chi connectivity index (χ0v) is 12.1. The predicted octanol–water partition coefficient (Wildman–Crippen LogP) is 4.53. The monoisotopic (exact) mass is 304 g/mol. The van der Waals surface area contributed by atoms with Crippen molar-refractivity contribution in [2.24, 2.45) is 5.16 Å². The van der Waals surface area contributed by atoms with Crippen LogP contribution in [0.1, 0.15) is 12.5 Å². The second-order valence-corrected chi connectivity index (χ2v) is 4.98. The highest BCUT2D eigenvalue weighted by Crippen LogP contribution is 2.32. The molecule has 5 heteroatoms. The van der Waals surface area contributed by atoms with Gasteiger partial charge in [0.1, 0.15) is 11.8 Å². The zero-order chi connectivity index (χ0) is 14.7. The Morgan fingerprint density at radius 3 is 2.40 bits per heavy atom. The first-order valence-electron chi connectivity index (χ1n) is 5.76. The van der Waals surface area contributed by atoms with Gasteiger partial charge in [-0.05, 0) is 42.3 Å². The van der Waals surface area contributed by atoms with E-state index in [1.807, 2.05) is 0 Å². The summed E-state index contributed by atoms with van der Waals surface area (Å²) in [4.78, 5) is 0. The standard InChI is InChI=1S/C15H10Cl2N2O/c1-9-14(19-20)7-6-12(15(9)17)13(8-18)10-2-4-11(16)5-3-10/h2-7,20H,1H3. The Morgan fingerprint density at radius 1 is 1.20 bits per heavy atom. The molecule has 0 heterocycles. The topological polar surface area (TPSA) is 56.4 Å². The summed E-state index contributed by atoms with van der Waals surface area (Å²) in [5, 5.41) is 22.4. The van der Waals surface area contributed by atoms with Crippen LogP contribution in [0.25, 0.3) is 5.57 Å². The number of allylic oxidation sites excluding steroid dienone is 6. The van der Waals surface area contributed by atoms with E-state index in [0.717, 1.165) is 5.56 Å². The molecule has 0 saturated carbocycles. The van der Waals surface area contributed by atoms with Crippen molar-refractivity contribution >= 4 is 34.5 Å². The third-order valence-corrected chi connectivity index (χ3v) is 3.72. The Bertz CT molecular complexity index is 704. The molecule has 3 nitrogen and oxygen atoms in total. The number of hydrogen-bond acceptors (Lipinski definition) is 3. The number of halogens is 2. The first kappa shape index (κ1) is 14.4. The maximum Gasteiger partial charge on any atom is 0.107 e. The van der Waals surface area contributed by atoms with Gasteiger partial charge in [0, 0.05) is 10.6 Å². The molecule has 0 aliphatic heterocycles. The van der Waals surface area contributed by atoms with Crippen LogP contribution in [0.2, 0.25) is 5.02 Å². The number of benzene rings is 1. The van der Waals surface area contributed by atoms with Crippen LogP contribution in [0, 0.1) is 11.3 Å². The Kier molecular flexibility index (Phi) is 4.29. The van der Waals surface area contributed by atoms with Crippen molar-refractivity contribution in [3.63, 3.8) is 0 Å². The van der Waals surface area contributed by atoms with Gasteiger partial charge in [-0.3, -0.25) is 0 Å². The fourth-order valence-corrected chi connectivity index (χ4v) is 2.25. The Hall–Kier alpha value is -2.02. The third-order valence-electron chi connectivity index (χ3n) is 2.98. The first-order chi connectivity index (χ1) is 9.58. The Balaban J connectivity index is 2.61. The summed E-state index contributed by atoms with van der Waals surface area (Å²) >= 11 is 12.1. The first-order valence-corrected chi connectivity index (χ1v) is 6.51. The van der Waals surface area contributed by atoms with Crippen molar-refractivity contribution in [2.75, 3.05) is 0 Å². The molecule has 1 aromatic rings. The number of oxime groups is 1. The molecule has 1 aromatic carbocycles. The third kappa shape index (κ3) is 2.62.